The smallest absolute Gasteiger partial charge is 0.354 e. The van der Waals surface area contributed by atoms with Crippen LogP contribution in [-0.4, -0.2) is 36.4 Å². The minimum Gasteiger partial charge on any atom is -0.477 e. The summed E-state index contributed by atoms with van der Waals surface area (Å²) in [7, 11) is -3.50. The third kappa shape index (κ3) is 6.15. The molecule has 0 saturated heterocycles. The molecule has 2 aromatic rings. The molecule has 0 saturated carbocycles. The van der Waals surface area contributed by atoms with E-state index in [4.69, 9.17) is 5.11 Å². The van der Waals surface area contributed by atoms with E-state index in [-0.39, 0.29) is 29.7 Å². The van der Waals surface area contributed by atoms with Gasteiger partial charge >= 0.3 is 5.97 Å². The molecule has 8 nitrogen and oxygen atoms in total. The number of carbonyl (C=O) groups excluding carboxylic acids is 1. The van der Waals surface area contributed by atoms with Gasteiger partial charge in [-0.05, 0) is 37.1 Å². The Morgan fingerprint density at radius 2 is 1.67 bits per heavy atom. The second kappa shape index (κ2) is 8.74. The lowest BCUT2D eigenvalue weighted by Gasteiger charge is -2.13. The zero-order valence-electron chi connectivity index (χ0n) is 15.0. The molecule has 3 N–H and O–H groups in total. The molecule has 0 radical (unpaired) electrons. The maximum Gasteiger partial charge on any atom is 0.354 e. The van der Waals surface area contributed by atoms with E-state index in [2.05, 4.69) is 15.0 Å². The molecule has 0 aliphatic rings. The molecule has 0 unspecified atom stereocenters. The van der Waals surface area contributed by atoms with Gasteiger partial charge in [0.2, 0.25) is 10.0 Å². The minimum absolute atomic E-state index is 0.0264. The summed E-state index contributed by atoms with van der Waals surface area (Å²) in [6.45, 7) is 3.56. The molecule has 1 heterocycles. The Hall–Kier alpha value is -2.78. The number of pyridine rings is 1. The average molecular weight is 391 g/mol. The summed E-state index contributed by atoms with van der Waals surface area (Å²) in [5.74, 6) is -1.97. The number of aromatic carboxylic acids is 1. The number of carboxylic acids is 1. The average Bonchev–Trinajstić information content (AvgIpc) is 2.59. The second-order valence-corrected chi connectivity index (χ2v) is 7.95. The maximum absolute atomic E-state index is 12.2. The number of hydrogen-bond donors (Lipinski definition) is 3. The molecule has 1 amide bonds. The Morgan fingerprint density at radius 1 is 1.04 bits per heavy atom. The van der Waals surface area contributed by atoms with Crippen molar-refractivity contribution in [3.63, 3.8) is 0 Å². The zero-order valence-corrected chi connectivity index (χ0v) is 15.8. The molecule has 1 aromatic carbocycles. The number of hydrogen-bond acceptors (Lipinski definition) is 5. The largest absolute Gasteiger partial charge is 0.477 e. The van der Waals surface area contributed by atoms with Crippen LogP contribution in [0.4, 0.5) is 0 Å². The number of carboxylic acid groups (broad SMARTS) is 1. The number of benzene rings is 1. The van der Waals surface area contributed by atoms with Crippen molar-refractivity contribution in [2.75, 3.05) is 0 Å². The highest BCUT2D eigenvalue weighted by atomic mass is 32.2. The molecular formula is C18H21N3O5S. The summed E-state index contributed by atoms with van der Waals surface area (Å²) in [4.78, 5) is 27.0. The van der Waals surface area contributed by atoms with Gasteiger partial charge in [-0.1, -0.05) is 30.3 Å². The highest BCUT2D eigenvalue weighted by molar-refractivity contribution is 7.88. The first-order chi connectivity index (χ1) is 12.7. The van der Waals surface area contributed by atoms with Gasteiger partial charge in [-0.3, -0.25) is 4.79 Å². The number of amides is 1. The van der Waals surface area contributed by atoms with Crippen molar-refractivity contribution in [3.05, 3.63) is 65.0 Å². The third-order valence-corrected chi connectivity index (χ3v) is 5.04. The fraction of sp³-hybridized carbons (Fsp3) is 0.278. The van der Waals surface area contributed by atoms with Gasteiger partial charge in [-0.25, -0.2) is 22.9 Å². The molecular weight excluding hydrogens is 370 g/mol. The number of nitrogens with one attached hydrogen (secondary N) is 2. The Labute approximate surface area is 157 Å². The summed E-state index contributed by atoms with van der Waals surface area (Å²) in [6, 6.07) is 10.8. The lowest BCUT2D eigenvalue weighted by atomic mass is 10.1. The molecule has 0 spiro atoms. The van der Waals surface area contributed by atoms with Gasteiger partial charge in [0.25, 0.3) is 5.91 Å². The highest BCUT2D eigenvalue weighted by Crippen LogP contribution is 2.13. The van der Waals surface area contributed by atoms with E-state index in [1.54, 1.807) is 38.1 Å². The Morgan fingerprint density at radius 3 is 2.30 bits per heavy atom. The van der Waals surface area contributed by atoms with Gasteiger partial charge in [0.1, 0.15) is 11.4 Å². The van der Waals surface area contributed by atoms with Crippen LogP contribution in [0, 0.1) is 0 Å². The van der Waals surface area contributed by atoms with Crippen LogP contribution in [0.25, 0.3) is 0 Å². The predicted octanol–water partition coefficient (Wildman–Crippen LogP) is 1.54. The zero-order chi connectivity index (χ0) is 20.0. The fourth-order valence-electron chi connectivity index (χ4n) is 2.42. The van der Waals surface area contributed by atoms with Crippen molar-refractivity contribution in [2.24, 2.45) is 0 Å². The van der Waals surface area contributed by atoms with E-state index in [0.29, 0.717) is 11.1 Å². The monoisotopic (exact) mass is 391 g/mol. The normalized spacial score (nSPS) is 11.4. The van der Waals surface area contributed by atoms with Gasteiger partial charge in [0.05, 0.1) is 5.75 Å². The molecule has 0 aliphatic heterocycles. The minimum atomic E-state index is -3.50. The van der Waals surface area contributed by atoms with Crippen LogP contribution in [0.3, 0.4) is 0 Å². The van der Waals surface area contributed by atoms with Crippen molar-refractivity contribution in [3.8, 4) is 0 Å². The van der Waals surface area contributed by atoms with E-state index in [1.165, 1.54) is 18.2 Å². The van der Waals surface area contributed by atoms with E-state index >= 15 is 0 Å². The molecule has 0 fully saturated rings. The van der Waals surface area contributed by atoms with Crippen molar-refractivity contribution in [2.45, 2.75) is 32.2 Å². The van der Waals surface area contributed by atoms with Crippen LogP contribution >= 0.6 is 0 Å². The number of sulfonamides is 1. The second-order valence-electron chi connectivity index (χ2n) is 6.20. The SMILES string of the molecule is CC(C)NS(=O)(=O)Cc1ccccc1CNC(=O)c1cccc(C(=O)O)n1. The number of nitrogens with zero attached hydrogens (tertiary/aromatic N) is 1. The number of aromatic nitrogens is 1. The van der Waals surface area contributed by atoms with Crippen molar-refractivity contribution >= 4 is 21.9 Å². The molecule has 0 atom stereocenters. The van der Waals surface area contributed by atoms with Gasteiger partial charge in [0, 0.05) is 12.6 Å². The Bertz CT molecular complexity index is 942. The first kappa shape index (κ1) is 20.5. The summed E-state index contributed by atoms with van der Waals surface area (Å²) < 4.78 is 26.8. The summed E-state index contributed by atoms with van der Waals surface area (Å²) in [5.41, 5.74) is 0.961. The predicted molar refractivity (Wildman–Crippen MR) is 99.7 cm³/mol. The van der Waals surface area contributed by atoms with Crippen LogP contribution in [-0.2, 0) is 22.3 Å². The number of rotatable bonds is 8. The molecule has 0 bridgehead atoms. The molecule has 1 aromatic heterocycles. The fourth-order valence-corrected chi connectivity index (χ4v) is 3.92. The van der Waals surface area contributed by atoms with Crippen molar-refractivity contribution in [1.82, 2.24) is 15.0 Å². The van der Waals surface area contributed by atoms with E-state index in [1.807, 2.05) is 0 Å². The third-order valence-electron chi connectivity index (χ3n) is 3.52. The van der Waals surface area contributed by atoms with Gasteiger partial charge in [-0.15, -0.1) is 0 Å². The van der Waals surface area contributed by atoms with Crippen LogP contribution in [0.5, 0.6) is 0 Å². The topological polar surface area (TPSA) is 125 Å². The molecule has 144 valence electrons. The molecule has 0 aliphatic carbocycles. The lowest BCUT2D eigenvalue weighted by molar-refractivity contribution is 0.0690. The van der Waals surface area contributed by atoms with Gasteiger partial charge in [0.15, 0.2) is 0 Å². The van der Waals surface area contributed by atoms with E-state index < -0.39 is 21.9 Å². The lowest BCUT2D eigenvalue weighted by Crippen LogP contribution is -2.32. The summed E-state index contributed by atoms with van der Waals surface area (Å²) >= 11 is 0. The number of carbonyl (C=O) groups is 2. The van der Waals surface area contributed by atoms with Crippen LogP contribution in [0.2, 0.25) is 0 Å². The maximum atomic E-state index is 12.2. The van der Waals surface area contributed by atoms with Crippen LogP contribution in [0.15, 0.2) is 42.5 Å². The molecule has 27 heavy (non-hydrogen) atoms. The van der Waals surface area contributed by atoms with E-state index in [0.717, 1.165) is 0 Å². The summed E-state index contributed by atoms with van der Waals surface area (Å²) in [5, 5.41) is 11.6. The Balaban J connectivity index is 2.11. The molecule has 2 rings (SSSR count). The van der Waals surface area contributed by atoms with Crippen molar-refractivity contribution < 1.29 is 23.1 Å². The first-order valence-corrected chi connectivity index (χ1v) is 9.88. The van der Waals surface area contributed by atoms with Gasteiger partial charge < -0.3 is 10.4 Å². The van der Waals surface area contributed by atoms with Crippen LogP contribution in [0.1, 0.15) is 46.0 Å². The standard InChI is InChI=1S/C18H21N3O5S/c1-12(2)21-27(25,26)11-14-7-4-3-6-13(14)10-19-17(22)15-8-5-9-16(20-15)18(23)24/h3-9,12,21H,10-11H2,1-2H3,(H,19,22)(H,23,24). The molecule has 9 heteroatoms. The van der Waals surface area contributed by atoms with Gasteiger partial charge in [-0.2, -0.15) is 0 Å². The first-order valence-electron chi connectivity index (χ1n) is 8.23. The Kier molecular flexibility index (Phi) is 6.65. The van der Waals surface area contributed by atoms with Crippen molar-refractivity contribution in [1.29, 1.82) is 0 Å². The highest BCUT2D eigenvalue weighted by Gasteiger charge is 2.16. The summed E-state index contributed by atoms with van der Waals surface area (Å²) in [6.07, 6.45) is 0. The quantitative estimate of drug-likeness (QED) is 0.627. The van der Waals surface area contributed by atoms with E-state index in [9.17, 15) is 18.0 Å². The van der Waals surface area contributed by atoms with Crippen LogP contribution < -0.4 is 10.0 Å².